The molecule has 0 amide bonds. The number of hydrogen-bond donors (Lipinski definition) is 0. The molecule has 0 saturated heterocycles. The molecule has 0 aliphatic heterocycles. The minimum atomic E-state index is -2.33. The molecule has 24 heavy (non-hydrogen) atoms. The first-order valence-electron chi connectivity index (χ1n) is 3.06. The first-order chi connectivity index (χ1) is 8.66. The van der Waals surface area contributed by atoms with Crippen LogP contribution >= 0.6 is 0 Å². The van der Waals surface area contributed by atoms with Gasteiger partial charge in [0.1, 0.15) is 0 Å². The van der Waals surface area contributed by atoms with Crippen molar-refractivity contribution in [1.29, 1.82) is 0 Å². The van der Waals surface area contributed by atoms with Gasteiger partial charge in [0.05, 0.1) is 0 Å². The van der Waals surface area contributed by atoms with Crippen molar-refractivity contribution >= 4 is 65.5 Å². The summed E-state index contributed by atoms with van der Waals surface area (Å²) in [7, 11) is 0. The van der Waals surface area contributed by atoms with Crippen molar-refractivity contribution in [2.45, 2.75) is 0 Å². The number of hydrogen-bond acceptors (Lipinski definition) is 15. The van der Waals surface area contributed by atoms with Crippen LogP contribution in [-0.4, -0.2) is 65.5 Å². The van der Waals surface area contributed by atoms with E-state index in [1.165, 1.54) is 0 Å². The maximum Gasteiger partial charge on any atom is 3.00 e. The number of carbonyl (C=O) groups excluding carboxylic acids is 5. The van der Waals surface area contributed by atoms with E-state index in [0.717, 1.165) is 0 Å². The van der Waals surface area contributed by atoms with Gasteiger partial charge in [-0.25, -0.2) is 0 Å². The van der Waals surface area contributed by atoms with E-state index < -0.39 is 30.8 Å². The SMILES string of the molecule is O=C([O-])[O-].O=C([O-])[O-].O=C([O-])[O-].O=C([O-])[O-].O=C([O-])[O-].[Al+3].[Al+3].[Zn+2].[Zn+2]. The Labute approximate surface area is 178 Å². The molecule has 0 aliphatic carbocycles. The summed E-state index contributed by atoms with van der Waals surface area (Å²) in [5, 5.41) is 83.3. The van der Waals surface area contributed by atoms with Gasteiger partial charge in [0.2, 0.25) is 0 Å². The van der Waals surface area contributed by atoms with Crippen molar-refractivity contribution in [2.24, 2.45) is 0 Å². The average Bonchev–Trinajstić information content (AvgIpc) is 1.94. The minimum absolute atomic E-state index is 0. The first-order valence-corrected chi connectivity index (χ1v) is 3.06. The van der Waals surface area contributed by atoms with Crippen molar-refractivity contribution in [3.05, 3.63) is 0 Å². The molecule has 0 saturated carbocycles. The molecule has 0 N–H and O–H groups in total. The summed E-state index contributed by atoms with van der Waals surface area (Å²) < 4.78 is 0. The van der Waals surface area contributed by atoms with Crippen LogP contribution in [-0.2, 0) is 39.0 Å². The van der Waals surface area contributed by atoms with Gasteiger partial charge in [0, 0.05) is 0 Å². The molecule has 0 rings (SSSR count). The molecule has 0 radical (unpaired) electrons. The van der Waals surface area contributed by atoms with Crippen molar-refractivity contribution in [3.8, 4) is 0 Å². The molecule has 0 aromatic rings. The summed E-state index contributed by atoms with van der Waals surface area (Å²) in [6.07, 6.45) is -11.7. The Kier molecular flexibility index (Phi) is 118. The molecular weight excluding hydrogens is 485 g/mol. The largest absolute Gasteiger partial charge is 3.00 e. The molecule has 15 nitrogen and oxygen atoms in total. The molecule has 120 valence electrons. The van der Waals surface area contributed by atoms with Gasteiger partial charge in [-0.3, -0.25) is 0 Å². The predicted molar refractivity (Wildman–Crippen MR) is 38.5 cm³/mol. The van der Waals surface area contributed by atoms with Crippen LogP contribution in [0.3, 0.4) is 0 Å². The standard InChI is InChI=1S/5CH2O3.2Al.2Zn/c5*2-1(3)4;;;;/h5*(H2,2,3,4);;;;/q;;;;;2*+3;2*+2/p-10. The fourth-order valence-corrected chi connectivity index (χ4v) is 0. The van der Waals surface area contributed by atoms with Crippen molar-refractivity contribution in [2.75, 3.05) is 0 Å². The number of carbonyl (C=O) groups is 5. The van der Waals surface area contributed by atoms with Crippen LogP contribution in [0.4, 0.5) is 24.0 Å². The Morgan fingerprint density at radius 1 is 0.333 bits per heavy atom. The molecule has 0 spiro atoms. The van der Waals surface area contributed by atoms with Crippen LogP contribution in [0.1, 0.15) is 0 Å². The van der Waals surface area contributed by atoms with E-state index in [4.69, 9.17) is 75.0 Å². The topological polar surface area (TPSA) is 316 Å². The van der Waals surface area contributed by atoms with E-state index in [-0.39, 0.29) is 73.7 Å². The van der Waals surface area contributed by atoms with Crippen molar-refractivity contribution < 1.29 is 114 Å². The second-order valence-corrected chi connectivity index (χ2v) is 1.25. The number of rotatable bonds is 0. The second kappa shape index (κ2) is 49.5. The quantitative estimate of drug-likeness (QED) is 0.288. The van der Waals surface area contributed by atoms with Gasteiger partial charge in [0.15, 0.2) is 0 Å². The summed E-state index contributed by atoms with van der Waals surface area (Å²) in [5.74, 6) is 0. The Balaban J connectivity index is -0.0000000161. The Morgan fingerprint density at radius 2 is 0.333 bits per heavy atom. The van der Waals surface area contributed by atoms with Crippen LogP contribution in [0.15, 0.2) is 0 Å². The van der Waals surface area contributed by atoms with Gasteiger partial charge < -0.3 is 75.0 Å². The summed E-state index contributed by atoms with van der Waals surface area (Å²) in [5.41, 5.74) is 0. The van der Waals surface area contributed by atoms with E-state index in [2.05, 4.69) is 0 Å². The Morgan fingerprint density at radius 3 is 0.333 bits per heavy atom. The molecule has 0 atom stereocenters. The van der Waals surface area contributed by atoms with Crippen molar-refractivity contribution in [3.63, 3.8) is 0 Å². The molecular formula is C5Al2O15Zn2. The molecule has 0 bridgehead atoms. The van der Waals surface area contributed by atoms with E-state index in [1.807, 2.05) is 0 Å². The molecule has 0 fully saturated rings. The minimum Gasteiger partial charge on any atom is -0.652 e. The third-order valence-corrected chi connectivity index (χ3v) is 0. The summed E-state index contributed by atoms with van der Waals surface area (Å²) >= 11 is 0. The fourth-order valence-electron chi connectivity index (χ4n) is 0. The van der Waals surface area contributed by atoms with Gasteiger partial charge in [-0.1, -0.05) is 0 Å². The third kappa shape index (κ3) is 4460. The smallest absolute Gasteiger partial charge is 0.652 e. The zero-order valence-electron chi connectivity index (χ0n) is 11.2. The molecule has 0 aromatic heterocycles. The number of carboxylic acid groups (broad SMARTS) is 10. The Bertz CT molecular complexity index is 221. The molecule has 0 unspecified atom stereocenters. The van der Waals surface area contributed by atoms with Crippen molar-refractivity contribution in [1.82, 2.24) is 0 Å². The van der Waals surface area contributed by atoms with Crippen LogP contribution in [0.25, 0.3) is 0 Å². The summed E-state index contributed by atoms with van der Waals surface area (Å²) in [6.45, 7) is 0. The molecule has 0 heterocycles. The van der Waals surface area contributed by atoms with Crippen LogP contribution in [0, 0.1) is 0 Å². The van der Waals surface area contributed by atoms with Crippen LogP contribution in [0.5, 0.6) is 0 Å². The molecule has 19 heteroatoms. The molecule has 0 aromatic carbocycles. The van der Waals surface area contributed by atoms with Gasteiger partial charge in [-0.05, 0) is 30.8 Å². The average molecular weight is 485 g/mol. The van der Waals surface area contributed by atoms with E-state index >= 15 is 0 Å². The first kappa shape index (κ1) is 57.0. The summed E-state index contributed by atoms with van der Waals surface area (Å²) in [4.78, 5) is 41.7. The molecule has 0 aliphatic rings. The summed E-state index contributed by atoms with van der Waals surface area (Å²) in [6, 6.07) is 0. The predicted octanol–water partition coefficient (Wildman–Crippen LogP) is -13.0. The zero-order valence-corrected chi connectivity index (χ0v) is 19.4. The van der Waals surface area contributed by atoms with Crippen LogP contribution < -0.4 is 51.1 Å². The van der Waals surface area contributed by atoms with Gasteiger partial charge >= 0.3 is 73.7 Å². The zero-order chi connectivity index (χ0) is 17.9. The maximum absolute atomic E-state index is 8.33. The second-order valence-electron chi connectivity index (χ2n) is 1.25. The van der Waals surface area contributed by atoms with Gasteiger partial charge in [0.25, 0.3) is 0 Å². The normalized spacial score (nSPS) is 5.00. The Hall–Kier alpha value is -1.34. The van der Waals surface area contributed by atoms with E-state index in [9.17, 15) is 0 Å². The van der Waals surface area contributed by atoms with E-state index in [0.29, 0.717) is 0 Å². The van der Waals surface area contributed by atoms with E-state index in [1.54, 1.807) is 0 Å². The van der Waals surface area contributed by atoms with Gasteiger partial charge in [-0.2, -0.15) is 0 Å². The third-order valence-electron chi connectivity index (χ3n) is 0. The fraction of sp³-hybridized carbons (Fsp3) is 0. The monoisotopic (exact) mass is 482 g/mol. The van der Waals surface area contributed by atoms with Crippen LogP contribution in [0.2, 0.25) is 0 Å². The maximum atomic E-state index is 8.33. The van der Waals surface area contributed by atoms with Gasteiger partial charge in [-0.15, -0.1) is 0 Å².